The number of nitrogens with one attached hydrogen (secondary N) is 1. The Labute approximate surface area is 90.6 Å². The minimum atomic E-state index is -0.988. The highest BCUT2D eigenvalue weighted by Crippen LogP contribution is 2.28. The molecule has 4 nitrogen and oxygen atoms in total. The summed E-state index contributed by atoms with van der Waals surface area (Å²) < 4.78 is 0. The standard InChI is InChI=1S/C10H10N2O2S/c1-5-3-7(6(2)15-5)9-11-4-8(12-9)10(13)14/h3-4H,1-2H3,(H,11,12)(H,13,14). The number of aromatic amines is 1. The third-order valence-corrected chi connectivity index (χ3v) is 3.07. The molecule has 2 aromatic rings. The Morgan fingerprint density at radius 3 is 2.73 bits per heavy atom. The summed E-state index contributed by atoms with van der Waals surface area (Å²) in [6.45, 7) is 4.01. The molecule has 5 heteroatoms. The van der Waals surface area contributed by atoms with Gasteiger partial charge in [0.05, 0.1) is 6.20 Å². The fraction of sp³-hybridized carbons (Fsp3) is 0.200. The predicted octanol–water partition coefficient (Wildman–Crippen LogP) is 2.45. The number of carboxylic acid groups (broad SMARTS) is 1. The van der Waals surface area contributed by atoms with E-state index in [1.807, 2.05) is 19.9 Å². The van der Waals surface area contributed by atoms with Crippen LogP contribution in [-0.4, -0.2) is 21.0 Å². The summed E-state index contributed by atoms with van der Waals surface area (Å²) in [5.74, 6) is -0.368. The van der Waals surface area contributed by atoms with Crippen LogP contribution in [0, 0.1) is 13.8 Å². The zero-order chi connectivity index (χ0) is 11.0. The number of hydrogen-bond acceptors (Lipinski definition) is 3. The first-order valence-electron chi connectivity index (χ1n) is 4.43. The largest absolute Gasteiger partial charge is 0.477 e. The molecule has 0 radical (unpaired) electrons. The lowest BCUT2D eigenvalue weighted by atomic mass is 10.2. The highest BCUT2D eigenvalue weighted by Gasteiger charge is 2.12. The van der Waals surface area contributed by atoms with Gasteiger partial charge in [-0.15, -0.1) is 11.3 Å². The first-order valence-corrected chi connectivity index (χ1v) is 5.25. The van der Waals surface area contributed by atoms with Gasteiger partial charge >= 0.3 is 5.97 Å². The molecular formula is C10H10N2O2S. The summed E-state index contributed by atoms with van der Waals surface area (Å²) in [4.78, 5) is 19.8. The molecule has 0 fully saturated rings. The van der Waals surface area contributed by atoms with E-state index in [-0.39, 0.29) is 5.69 Å². The zero-order valence-electron chi connectivity index (χ0n) is 8.37. The number of H-pyrrole nitrogens is 1. The van der Waals surface area contributed by atoms with Crippen LogP contribution in [0.5, 0.6) is 0 Å². The number of carboxylic acids is 1. The maximum atomic E-state index is 10.7. The predicted molar refractivity (Wildman–Crippen MR) is 58.3 cm³/mol. The third kappa shape index (κ3) is 1.78. The molecule has 0 saturated heterocycles. The number of aromatic carboxylic acids is 1. The molecule has 2 rings (SSSR count). The van der Waals surface area contributed by atoms with Gasteiger partial charge in [0.1, 0.15) is 11.5 Å². The molecule has 2 aromatic heterocycles. The Balaban J connectivity index is 2.45. The molecule has 78 valence electrons. The molecule has 0 amide bonds. The monoisotopic (exact) mass is 222 g/mol. The van der Waals surface area contributed by atoms with Gasteiger partial charge < -0.3 is 10.1 Å². The minimum Gasteiger partial charge on any atom is -0.477 e. The molecule has 0 aliphatic carbocycles. The van der Waals surface area contributed by atoms with E-state index in [0.29, 0.717) is 5.82 Å². The summed E-state index contributed by atoms with van der Waals surface area (Å²) in [7, 11) is 0. The molecule has 0 aliphatic heterocycles. The normalized spacial score (nSPS) is 10.5. The molecule has 0 saturated carbocycles. The molecule has 0 aromatic carbocycles. The fourth-order valence-corrected chi connectivity index (χ4v) is 2.36. The topological polar surface area (TPSA) is 66.0 Å². The first kappa shape index (κ1) is 9.92. The van der Waals surface area contributed by atoms with Crippen molar-refractivity contribution in [2.75, 3.05) is 0 Å². The lowest BCUT2D eigenvalue weighted by Gasteiger charge is -1.92. The molecule has 0 bridgehead atoms. The number of aryl methyl sites for hydroxylation is 2. The molecular weight excluding hydrogens is 212 g/mol. The van der Waals surface area contributed by atoms with Crippen LogP contribution in [0.4, 0.5) is 0 Å². The van der Waals surface area contributed by atoms with Crippen LogP contribution >= 0.6 is 11.3 Å². The summed E-state index contributed by atoms with van der Waals surface area (Å²) in [5, 5.41) is 8.75. The van der Waals surface area contributed by atoms with Gasteiger partial charge in [-0.05, 0) is 19.9 Å². The second-order valence-corrected chi connectivity index (χ2v) is 4.74. The van der Waals surface area contributed by atoms with Crippen LogP contribution in [0.2, 0.25) is 0 Å². The van der Waals surface area contributed by atoms with E-state index in [1.54, 1.807) is 11.3 Å². The molecule has 2 heterocycles. The van der Waals surface area contributed by atoms with Crippen molar-refractivity contribution < 1.29 is 9.90 Å². The van der Waals surface area contributed by atoms with Crippen LogP contribution in [0.3, 0.4) is 0 Å². The smallest absolute Gasteiger partial charge is 0.353 e. The van der Waals surface area contributed by atoms with Crippen molar-refractivity contribution in [2.24, 2.45) is 0 Å². The van der Waals surface area contributed by atoms with Gasteiger partial charge in [0.25, 0.3) is 0 Å². The number of rotatable bonds is 2. The van der Waals surface area contributed by atoms with Gasteiger partial charge in [-0.2, -0.15) is 0 Å². The van der Waals surface area contributed by atoms with E-state index >= 15 is 0 Å². The Morgan fingerprint density at radius 1 is 1.53 bits per heavy atom. The Morgan fingerprint density at radius 2 is 2.27 bits per heavy atom. The maximum Gasteiger partial charge on any atom is 0.353 e. The lowest BCUT2D eigenvalue weighted by molar-refractivity contribution is 0.0691. The Kier molecular flexibility index (Phi) is 2.32. The SMILES string of the molecule is Cc1cc(-c2ncc(C(=O)O)[nH]2)c(C)s1. The highest BCUT2D eigenvalue weighted by atomic mass is 32.1. The van der Waals surface area contributed by atoms with Gasteiger partial charge in [-0.1, -0.05) is 0 Å². The van der Waals surface area contributed by atoms with Gasteiger partial charge in [0.15, 0.2) is 0 Å². The molecule has 0 unspecified atom stereocenters. The second kappa shape index (κ2) is 3.51. The molecule has 15 heavy (non-hydrogen) atoms. The highest BCUT2D eigenvalue weighted by molar-refractivity contribution is 7.12. The van der Waals surface area contributed by atoms with Crippen molar-refractivity contribution in [3.8, 4) is 11.4 Å². The minimum absolute atomic E-state index is 0.119. The van der Waals surface area contributed by atoms with E-state index < -0.39 is 5.97 Å². The Hall–Kier alpha value is -1.62. The van der Waals surface area contributed by atoms with Crippen LogP contribution in [0.15, 0.2) is 12.3 Å². The van der Waals surface area contributed by atoms with Crippen molar-refractivity contribution in [3.05, 3.63) is 27.7 Å². The average molecular weight is 222 g/mol. The number of imidazole rings is 1. The van der Waals surface area contributed by atoms with Crippen molar-refractivity contribution in [1.29, 1.82) is 0 Å². The van der Waals surface area contributed by atoms with E-state index in [1.165, 1.54) is 11.1 Å². The first-order chi connectivity index (χ1) is 7.08. The molecule has 2 N–H and O–H groups in total. The van der Waals surface area contributed by atoms with Crippen LogP contribution < -0.4 is 0 Å². The van der Waals surface area contributed by atoms with Crippen molar-refractivity contribution in [2.45, 2.75) is 13.8 Å². The van der Waals surface area contributed by atoms with E-state index in [2.05, 4.69) is 9.97 Å². The second-order valence-electron chi connectivity index (χ2n) is 3.28. The van der Waals surface area contributed by atoms with Crippen LogP contribution in [-0.2, 0) is 0 Å². The fourth-order valence-electron chi connectivity index (χ4n) is 1.43. The van der Waals surface area contributed by atoms with Crippen LogP contribution in [0.25, 0.3) is 11.4 Å². The number of carbonyl (C=O) groups is 1. The zero-order valence-corrected chi connectivity index (χ0v) is 9.18. The quantitative estimate of drug-likeness (QED) is 0.820. The van der Waals surface area contributed by atoms with E-state index in [4.69, 9.17) is 5.11 Å². The molecule has 0 aliphatic rings. The number of nitrogens with zero attached hydrogens (tertiary/aromatic N) is 1. The number of aromatic nitrogens is 2. The van der Waals surface area contributed by atoms with Crippen molar-refractivity contribution in [3.63, 3.8) is 0 Å². The van der Waals surface area contributed by atoms with Gasteiger partial charge in [0, 0.05) is 15.3 Å². The number of hydrogen-bond donors (Lipinski definition) is 2. The number of thiophene rings is 1. The van der Waals surface area contributed by atoms with E-state index in [0.717, 1.165) is 10.4 Å². The van der Waals surface area contributed by atoms with Gasteiger partial charge in [-0.3, -0.25) is 0 Å². The summed E-state index contributed by atoms with van der Waals surface area (Å²) >= 11 is 1.67. The summed E-state index contributed by atoms with van der Waals surface area (Å²) in [6.07, 6.45) is 1.34. The summed E-state index contributed by atoms with van der Waals surface area (Å²) in [5.41, 5.74) is 1.10. The lowest BCUT2D eigenvalue weighted by Crippen LogP contribution is -1.95. The average Bonchev–Trinajstić information content (AvgIpc) is 2.71. The molecule has 0 spiro atoms. The maximum absolute atomic E-state index is 10.7. The summed E-state index contributed by atoms with van der Waals surface area (Å²) in [6, 6.07) is 2.00. The van der Waals surface area contributed by atoms with Gasteiger partial charge in [-0.25, -0.2) is 9.78 Å². The van der Waals surface area contributed by atoms with E-state index in [9.17, 15) is 4.79 Å². The molecule has 0 atom stereocenters. The van der Waals surface area contributed by atoms with Crippen LogP contribution in [0.1, 0.15) is 20.2 Å². The van der Waals surface area contributed by atoms with Gasteiger partial charge in [0.2, 0.25) is 0 Å². The third-order valence-electron chi connectivity index (χ3n) is 2.10. The van der Waals surface area contributed by atoms with Crippen molar-refractivity contribution in [1.82, 2.24) is 9.97 Å². The Bertz CT molecular complexity index is 513. The van der Waals surface area contributed by atoms with Crippen molar-refractivity contribution >= 4 is 17.3 Å².